The lowest BCUT2D eigenvalue weighted by atomic mass is 9.77. The molecule has 0 aromatic heterocycles. The van der Waals surface area contributed by atoms with E-state index in [0.717, 1.165) is 5.92 Å². The van der Waals surface area contributed by atoms with E-state index in [1.54, 1.807) is 0 Å². The average molecular weight is 282 g/mol. The fraction of sp³-hybridized carbons (Fsp3) is 0.368. The summed E-state index contributed by atoms with van der Waals surface area (Å²) in [6.45, 7) is 4.64. The van der Waals surface area contributed by atoms with Gasteiger partial charge in [-0.15, -0.1) is 0 Å². The highest BCUT2D eigenvalue weighted by atomic mass is 32.2. The van der Waals surface area contributed by atoms with Crippen molar-refractivity contribution in [3.05, 3.63) is 59.7 Å². The third-order valence-electron chi connectivity index (χ3n) is 4.38. The highest BCUT2D eigenvalue weighted by Crippen LogP contribution is 2.49. The second-order valence-electron chi connectivity index (χ2n) is 5.61. The molecule has 1 heteroatoms. The molecule has 0 amide bonds. The van der Waals surface area contributed by atoms with Gasteiger partial charge in [-0.05, 0) is 35.6 Å². The molecule has 1 heterocycles. The van der Waals surface area contributed by atoms with Crippen molar-refractivity contribution >= 4 is 11.8 Å². The monoisotopic (exact) mass is 282 g/mol. The maximum atomic E-state index is 2.34. The summed E-state index contributed by atoms with van der Waals surface area (Å²) in [6, 6.07) is 17.9. The van der Waals surface area contributed by atoms with Gasteiger partial charge in [0.15, 0.2) is 0 Å². The topological polar surface area (TPSA) is 0 Å². The molecule has 1 atom stereocenters. The maximum absolute atomic E-state index is 2.34. The van der Waals surface area contributed by atoms with Crippen molar-refractivity contribution in [3.63, 3.8) is 0 Å². The van der Waals surface area contributed by atoms with Crippen LogP contribution in [-0.4, -0.2) is 0 Å². The largest absolute Gasteiger partial charge is 0.0895 e. The minimum Gasteiger partial charge on any atom is -0.0895 e. The Bertz CT molecular complexity index is 542. The summed E-state index contributed by atoms with van der Waals surface area (Å²) in [5.74, 6) is 1.33. The number of benzene rings is 2. The van der Waals surface area contributed by atoms with E-state index in [-0.39, 0.29) is 0 Å². The molecular formula is C19H22S. The van der Waals surface area contributed by atoms with E-state index in [9.17, 15) is 0 Å². The molecule has 0 N–H and O–H groups in total. The number of fused-ring (bicyclic) bond motifs is 2. The van der Waals surface area contributed by atoms with Gasteiger partial charge < -0.3 is 0 Å². The summed E-state index contributed by atoms with van der Waals surface area (Å²) in [7, 11) is 0. The van der Waals surface area contributed by atoms with Crippen molar-refractivity contribution in [1.82, 2.24) is 0 Å². The molecule has 1 aliphatic heterocycles. The van der Waals surface area contributed by atoms with Crippen molar-refractivity contribution < 1.29 is 0 Å². The third-order valence-corrected chi connectivity index (χ3v) is 5.57. The molecular weight excluding hydrogens is 260 g/mol. The summed E-state index contributed by atoms with van der Waals surface area (Å²) in [6.07, 6.45) is 3.84. The second kappa shape index (κ2) is 6.05. The quantitative estimate of drug-likeness (QED) is 0.652. The molecule has 1 unspecified atom stereocenters. The van der Waals surface area contributed by atoms with Crippen molar-refractivity contribution in [1.29, 1.82) is 0 Å². The van der Waals surface area contributed by atoms with Gasteiger partial charge in [0.1, 0.15) is 0 Å². The summed E-state index contributed by atoms with van der Waals surface area (Å²) < 4.78 is 0. The highest BCUT2D eigenvalue weighted by molar-refractivity contribution is 7.99. The van der Waals surface area contributed by atoms with Crippen LogP contribution in [0.4, 0.5) is 0 Å². The van der Waals surface area contributed by atoms with Crippen LogP contribution >= 0.6 is 11.8 Å². The molecule has 0 saturated carbocycles. The van der Waals surface area contributed by atoms with Gasteiger partial charge in [0.05, 0.1) is 0 Å². The minimum atomic E-state index is 0.577. The van der Waals surface area contributed by atoms with Crippen LogP contribution in [0, 0.1) is 5.92 Å². The molecule has 0 bridgehead atoms. The van der Waals surface area contributed by atoms with Crippen molar-refractivity contribution in [2.24, 2.45) is 5.92 Å². The lowest BCUT2D eigenvalue weighted by Crippen LogP contribution is -2.17. The molecule has 2 aromatic carbocycles. The van der Waals surface area contributed by atoms with Crippen LogP contribution in [0.1, 0.15) is 50.2 Å². The van der Waals surface area contributed by atoms with Gasteiger partial charge in [0.2, 0.25) is 0 Å². The maximum Gasteiger partial charge on any atom is 0.0160 e. The first-order valence-electron chi connectivity index (χ1n) is 7.70. The summed E-state index contributed by atoms with van der Waals surface area (Å²) >= 11 is 1.93. The Morgan fingerprint density at radius 2 is 1.45 bits per heavy atom. The zero-order chi connectivity index (χ0) is 13.9. The Morgan fingerprint density at radius 3 is 1.95 bits per heavy atom. The molecule has 1 aliphatic rings. The van der Waals surface area contributed by atoms with Crippen molar-refractivity contribution in [2.75, 3.05) is 0 Å². The second-order valence-corrected chi connectivity index (χ2v) is 6.70. The van der Waals surface area contributed by atoms with E-state index in [2.05, 4.69) is 62.4 Å². The molecule has 0 radical (unpaired) electrons. The lowest BCUT2D eigenvalue weighted by Gasteiger charge is -2.33. The molecule has 0 saturated heterocycles. The highest BCUT2D eigenvalue weighted by Gasteiger charge is 2.30. The van der Waals surface area contributed by atoms with Gasteiger partial charge >= 0.3 is 0 Å². The summed E-state index contributed by atoms with van der Waals surface area (Å²) in [4.78, 5) is 2.90. The van der Waals surface area contributed by atoms with Crippen LogP contribution in [0.3, 0.4) is 0 Å². The molecule has 0 aliphatic carbocycles. The minimum absolute atomic E-state index is 0.577. The van der Waals surface area contributed by atoms with E-state index >= 15 is 0 Å². The van der Waals surface area contributed by atoms with E-state index in [0.29, 0.717) is 5.92 Å². The fourth-order valence-electron chi connectivity index (χ4n) is 3.43. The van der Waals surface area contributed by atoms with Gasteiger partial charge in [0.25, 0.3) is 0 Å². The van der Waals surface area contributed by atoms with E-state index in [4.69, 9.17) is 0 Å². The van der Waals surface area contributed by atoms with Crippen LogP contribution in [0.5, 0.6) is 0 Å². The Labute approximate surface area is 126 Å². The standard InChI is InChI=1S/C19H22S/c1-3-9-14(4-2)19-15-10-5-7-12-17(15)20-18-13-8-6-11-16(18)19/h5-8,10-14,19H,3-4,9H2,1-2H3. The lowest BCUT2D eigenvalue weighted by molar-refractivity contribution is 0.408. The predicted molar refractivity (Wildman–Crippen MR) is 87.5 cm³/mol. The molecule has 0 nitrogen and oxygen atoms in total. The first-order chi connectivity index (χ1) is 9.85. The Kier molecular flexibility index (Phi) is 4.16. The fourth-order valence-corrected chi connectivity index (χ4v) is 4.59. The van der Waals surface area contributed by atoms with Crippen LogP contribution in [0.25, 0.3) is 0 Å². The molecule has 0 spiro atoms. The van der Waals surface area contributed by atoms with E-state index < -0.39 is 0 Å². The van der Waals surface area contributed by atoms with E-state index in [1.165, 1.54) is 40.2 Å². The SMILES string of the molecule is CCCC(CC)C1c2ccccc2Sc2ccccc21. The number of rotatable bonds is 4. The normalized spacial score (nSPS) is 15.5. The summed E-state index contributed by atoms with van der Waals surface area (Å²) in [5, 5.41) is 0. The van der Waals surface area contributed by atoms with Gasteiger partial charge in [0, 0.05) is 15.7 Å². The smallest absolute Gasteiger partial charge is 0.0160 e. The molecule has 3 rings (SSSR count). The Balaban J connectivity index is 2.11. The van der Waals surface area contributed by atoms with Gasteiger partial charge in [-0.2, -0.15) is 0 Å². The van der Waals surface area contributed by atoms with Gasteiger partial charge in [-0.1, -0.05) is 74.8 Å². The van der Waals surface area contributed by atoms with Crippen molar-refractivity contribution in [3.8, 4) is 0 Å². The van der Waals surface area contributed by atoms with Gasteiger partial charge in [-0.3, -0.25) is 0 Å². The third kappa shape index (κ3) is 2.40. The van der Waals surface area contributed by atoms with Crippen LogP contribution < -0.4 is 0 Å². The molecule has 20 heavy (non-hydrogen) atoms. The average Bonchev–Trinajstić information content (AvgIpc) is 2.50. The Morgan fingerprint density at radius 1 is 0.900 bits per heavy atom. The zero-order valence-electron chi connectivity index (χ0n) is 12.3. The first-order valence-corrected chi connectivity index (χ1v) is 8.52. The van der Waals surface area contributed by atoms with Crippen LogP contribution in [-0.2, 0) is 0 Å². The van der Waals surface area contributed by atoms with Crippen LogP contribution in [0.2, 0.25) is 0 Å². The van der Waals surface area contributed by atoms with Crippen LogP contribution in [0.15, 0.2) is 58.3 Å². The first kappa shape index (κ1) is 13.8. The Hall–Kier alpha value is -1.21. The van der Waals surface area contributed by atoms with E-state index in [1.807, 2.05) is 11.8 Å². The zero-order valence-corrected chi connectivity index (χ0v) is 13.1. The number of hydrogen-bond acceptors (Lipinski definition) is 1. The number of hydrogen-bond donors (Lipinski definition) is 0. The van der Waals surface area contributed by atoms with Gasteiger partial charge in [-0.25, -0.2) is 0 Å². The predicted octanol–water partition coefficient (Wildman–Crippen LogP) is 6.11. The molecule has 104 valence electrons. The summed E-state index contributed by atoms with van der Waals surface area (Å²) in [5.41, 5.74) is 3.08. The molecule has 2 aromatic rings. The van der Waals surface area contributed by atoms with Crippen molar-refractivity contribution in [2.45, 2.75) is 48.8 Å². The molecule has 0 fully saturated rings.